The highest BCUT2D eigenvalue weighted by Crippen LogP contribution is 2.31. The van der Waals surface area contributed by atoms with Crippen LogP contribution in [0.4, 0.5) is 5.69 Å². The maximum atomic E-state index is 13.1. The van der Waals surface area contributed by atoms with Crippen LogP contribution in [-0.4, -0.2) is 49.9 Å². The largest absolute Gasteiger partial charge is 1.00 e. The van der Waals surface area contributed by atoms with E-state index < -0.39 is 0 Å². The average molecular weight is 499 g/mol. The third-order valence-electron chi connectivity index (χ3n) is 6.29. The summed E-state index contributed by atoms with van der Waals surface area (Å²) in [4.78, 5) is 29.0. The predicted octanol–water partition coefficient (Wildman–Crippen LogP) is -0.760. The van der Waals surface area contributed by atoms with Crippen LogP contribution in [0.5, 0.6) is 0 Å². The number of hydrogen-bond acceptors (Lipinski definition) is 3. The van der Waals surface area contributed by atoms with Gasteiger partial charge in [0.05, 0.1) is 37.8 Å². The first-order valence-electron chi connectivity index (χ1n) is 11.2. The number of nitrogens with one attached hydrogen (secondary N) is 1. The first-order chi connectivity index (χ1) is 16.0. The number of rotatable bonds is 3. The van der Waals surface area contributed by atoms with Crippen molar-refractivity contribution in [2.24, 2.45) is 0 Å². The zero-order valence-electron chi connectivity index (χ0n) is 18.8. The molecule has 1 saturated heterocycles. The maximum absolute atomic E-state index is 13.1. The Balaban J connectivity index is 0.00000274. The van der Waals surface area contributed by atoms with Gasteiger partial charge in [0.1, 0.15) is 17.2 Å². The summed E-state index contributed by atoms with van der Waals surface area (Å²) >= 11 is 6.13. The Labute approximate surface area is 209 Å². The highest BCUT2D eigenvalue weighted by Gasteiger charge is 2.30. The summed E-state index contributed by atoms with van der Waals surface area (Å²) in [6, 6.07) is 16.7. The molecule has 8 heteroatoms. The molecule has 176 valence electrons. The topological polar surface area (TPSA) is 71.6 Å². The Morgan fingerprint density at radius 3 is 2.82 bits per heavy atom. The highest BCUT2D eigenvalue weighted by atomic mass is 35.5. The van der Waals surface area contributed by atoms with E-state index >= 15 is 0 Å². The summed E-state index contributed by atoms with van der Waals surface area (Å²) < 4.78 is 6.04. The van der Waals surface area contributed by atoms with Gasteiger partial charge in [-0.25, -0.2) is 10.1 Å². The number of nitrogens with zero attached hydrogens (tertiary/aromatic N) is 1. The van der Waals surface area contributed by atoms with Crippen LogP contribution < -0.4 is 22.6 Å². The van der Waals surface area contributed by atoms with Crippen molar-refractivity contribution in [1.29, 1.82) is 0 Å². The summed E-state index contributed by atoms with van der Waals surface area (Å²) in [5.41, 5.74) is 3.71. The maximum Gasteiger partial charge on any atom is 0.348 e. The molecule has 5 rings (SSSR count). The van der Waals surface area contributed by atoms with Crippen molar-refractivity contribution in [2.75, 3.05) is 33.2 Å². The van der Waals surface area contributed by atoms with E-state index in [0.29, 0.717) is 27.7 Å². The van der Waals surface area contributed by atoms with Crippen molar-refractivity contribution in [3.8, 4) is 11.3 Å². The Kier molecular flexibility index (Phi) is 7.24. The van der Waals surface area contributed by atoms with Gasteiger partial charge < -0.3 is 26.6 Å². The van der Waals surface area contributed by atoms with Crippen LogP contribution in [0, 0.1) is 0 Å². The van der Waals surface area contributed by atoms with E-state index in [1.165, 1.54) is 4.90 Å². The summed E-state index contributed by atoms with van der Waals surface area (Å²) in [6.45, 7) is 3.61. The Bertz CT molecular complexity index is 1270. The summed E-state index contributed by atoms with van der Waals surface area (Å²) in [7, 11) is 2.17. The summed E-state index contributed by atoms with van der Waals surface area (Å²) in [6.07, 6.45) is 2.76. The SMILES string of the molecule is C[NH+]1CCCN(C(=O)c2cccc(-c3ccc(/C=C4/C(=O)[NH2+]c5ccc(Cl)cc54)o3)c2)CC1.[Cl-]. The molecule has 3 N–H and O–H groups in total. The quantitative estimate of drug-likeness (QED) is 0.368. The number of quaternary nitrogens is 2. The fourth-order valence-electron chi connectivity index (χ4n) is 4.44. The van der Waals surface area contributed by atoms with E-state index in [1.54, 1.807) is 23.5 Å². The first kappa shape index (κ1) is 24.2. The Morgan fingerprint density at radius 2 is 1.97 bits per heavy atom. The number of nitrogens with two attached hydrogens (primary N) is 1. The number of likely N-dealkylation sites (N-methyl/N-ethyl adjacent to an activating group) is 1. The predicted molar refractivity (Wildman–Crippen MR) is 127 cm³/mol. The van der Waals surface area contributed by atoms with Crippen molar-refractivity contribution in [3.63, 3.8) is 0 Å². The number of carbonyl (C=O) groups excluding carboxylic acids is 2. The molecule has 0 spiro atoms. The molecule has 2 aromatic carbocycles. The molecular weight excluding hydrogens is 473 g/mol. The summed E-state index contributed by atoms with van der Waals surface area (Å²) in [5, 5.41) is 2.19. The van der Waals surface area contributed by atoms with Gasteiger partial charge in [0.15, 0.2) is 0 Å². The Morgan fingerprint density at radius 1 is 1.12 bits per heavy atom. The first-order valence-corrected chi connectivity index (χ1v) is 11.6. The number of carbonyl (C=O) groups is 2. The fourth-order valence-corrected chi connectivity index (χ4v) is 4.61. The van der Waals surface area contributed by atoms with E-state index in [2.05, 4.69) is 7.05 Å². The molecule has 3 aromatic rings. The molecular formula is C26H26Cl2N3O3+. The van der Waals surface area contributed by atoms with Crippen LogP contribution >= 0.6 is 11.6 Å². The van der Waals surface area contributed by atoms with Crippen LogP contribution in [0.1, 0.15) is 28.1 Å². The van der Waals surface area contributed by atoms with E-state index in [-0.39, 0.29) is 24.2 Å². The van der Waals surface area contributed by atoms with E-state index in [1.807, 2.05) is 47.4 Å². The molecule has 2 amide bonds. The molecule has 1 fully saturated rings. The van der Waals surface area contributed by atoms with Gasteiger partial charge in [-0.15, -0.1) is 0 Å². The molecule has 0 aliphatic carbocycles. The molecule has 1 unspecified atom stereocenters. The lowest BCUT2D eigenvalue weighted by Gasteiger charge is -2.19. The highest BCUT2D eigenvalue weighted by molar-refractivity contribution is 6.32. The Hall–Kier alpha value is -2.90. The molecule has 0 bridgehead atoms. The number of primary amides is 1. The number of furan rings is 1. The minimum atomic E-state index is -0.0669. The van der Waals surface area contributed by atoms with Crippen molar-refractivity contribution in [1.82, 2.24) is 4.90 Å². The minimum Gasteiger partial charge on any atom is -1.00 e. The van der Waals surface area contributed by atoms with Crippen LogP contribution in [0.25, 0.3) is 23.0 Å². The molecule has 2 aliphatic heterocycles. The van der Waals surface area contributed by atoms with Crippen LogP contribution in [0.15, 0.2) is 59.0 Å². The fraction of sp³-hybridized carbons (Fsp3) is 0.231. The third kappa shape index (κ3) is 4.95. The zero-order valence-corrected chi connectivity index (χ0v) is 20.3. The van der Waals surface area contributed by atoms with Crippen LogP contribution in [-0.2, 0) is 4.79 Å². The van der Waals surface area contributed by atoms with Crippen LogP contribution in [0.3, 0.4) is 0 Å². The molecule has 6 nitrogen and oxygen atoms in total. The number of hydrogen-bond donors (Lipinski definition) is 2. The smallest absolute Gasteiger partial charge is 0.348 e. The third-order valence-corrected chi connectivity index (χ3v) is 6.53. The second kappa shape index (κ2) is 10.2. The van der Waals surface area contributed by atoms with Crippen molar-refractivity contribution in [3.05, 3.63) is 76.5 Å². The normalized spacial score (nSPS) is 19.0. The monoisotopic (exact) mass is 498 g/mol. The van der Waals surface area contributed by atoms with Crippen molar-refractivity contribution in [2.45, 2.75) is 6.42 Å². The molecule has 3 heterocycles. The zero-order chi connectivity index (χ0) is 22.9. The van der Waals surface area contributed by atoms with Crippen molar-refractivity contribution < 1.29 is 36.6 Å². The second-order valence-corrected chi connectivity index (χ2v) is 9.12. The number of fused-ring (bicyclic) bond motifs is 1. The molecule has 1 atom stereocenters. The number of halogens is 2. The standard InChI is InChI=1S/C26H24ClN3O3.ClH/c1-29-10-3-11-30(13-12-29)26(32)18-5-2-4-17(14-18)24-9-7-20(33-24)16-22-21-15-19(27)6-8-23(21)28-25(22)31;/h2,4-9,14-16H,3,10-13H2,1H3,(H,28,31);1H/p+1/b22-16+;. The lowest BCUT2D eigenvalue weighted by atomic mass is 10.1. The van der Waals surface area contributed by atoms with Gasteiger partial charge in [0.2, 0.25) is 0 Å². The second-order valence-electron chi connectivity index (χ2n) is 8.68. The number of amides is 2. The van der Waals surface area contributed by atoms with E-state index in [0.717, 1.165) is 49.4 Å². The molecule has 0 radical (unpaired) electrons. The molecule has 2 aliphatic rings. The molecule has 34 heavy (non-hydrogen) atoms. The molecule has 1 aromatic heterocycles. The average Bonchev–Trinajstić information content (AvgIpc) is 3.33. The number of benzene rings is 2. The minimum absolute atomic E-state index is 0. The van der Waals surface area contributed by atoms with Gasteiger partial charge >= 0.3 is 5.91 Å². The van der Waals surface area contributed by atoms with Gasteiger partial charge in [-0.1, -0.05) is 23.7 Å². The van der Waals surface area contributed by atoms with E-state index in [4.69, 9.17) is 16.0 Å². The summed E-state index contributed by atoms with van der Waals surface area (Å²) in [5.74, 6) is 1.21. The van der Waals surface area contributed by atoms with Gasteiger partial charge in [-0.3, -0.25) is 4.79 Å². The molecule has 0 saturated carbocycles. The van der Waals surface area contributed by atoms with Crippen LogP contribution in [0.2, 0.25) is 5.02 Å². The van der Waals surface area contributed by atoms with Gasteiger partial charge in [0.25, 0.3) is 5.91 Å². The van der Waals surface area contributed by atoms with Gasteiger partial charge in [-0.2, -0.15) is 0 Å². The van der Waals surface area contributed by atoms with Gasteiger partial charge in [0, 0.05) is 35.2 Å². The lowest BCUT2D eigenvalue weighted by Crippen LogP contribution is -3.09. The van der Waals surface area contributed by atoms with E-state index in [9.17, 15) is 9.59 Å². The van der Waals surface area contributed by atoms with Gasteiger partial charge in [-0.05, 0) is 42.5 Å². The lowest BCUT2D eigenvalue weighted by molar-refractivity contribution is -0.877. The van der Waals surface area contributed by atoms with Crippen molar-refractivity contribution >= 4 is 40.8 Å².